The lowest BCUT2D eigenvalue weighted by Gasteiger charge is -2.01. The van der Waals surface area contributed by atoms with Gasteiger partial charge in [0.05, 0.1) is 17.6 Å². The maximum Gasteiger partial charge on any atom is 0.126 e. The molecule has 0 fully saturated rings. The Balaban J connectivity index is 2.21. The summed E-state index contributed by atoms with van der Waals surface area (Å²) in [6, 6.07) is 4.87. The first-order chi connectivity index (χ1) is 8.20. The molecule has 0 amide bonds. The fraction of sp³-hybridized carbons (Fsp3) is 0.333. The Morgan fingerprint density at radius 3 is 2.94 bits per heavy atom. The molecule has 0 atom stereocenters. The van der Waals surface area contributed by atoms with Gasteiger partial charge in [-0.25, -0.2) is 9.07 Å². The van der Waals surface area contributed by atoms with Crippen LogP contribution >= 0.6 is 0 Å². The van der Waals surface area contributed by atoms with Gasteiger partial charge in [-0.2, -0.15) is 0 Å². The number of nitrogens with two attached hydrogens (primary N) is 1. The van der Waals surface area contributed by atoms with Gasteiger partial charge in [0, 0.05) is 0 Å². The molecule has 0 aliphatic carbocycles. The summed E-state index contributed by atoms with van der Waals surface area (Å²) in [5, 5.41) is 8.06. The Kier molecular flexibility index (Phi) is 3.49. The number of benzene rings is 1. The van der Waals surface area contributed by atoms with Crippen molar-refractivity contribution in [1.82, 2.24) is 15.0 Å². The fourth-order valence-corrected chi connectivity index (χ4v) is 1.59. The molecule has 0 aliphatic rings. The van der Waals surface area contributed by atoms with Crippen LogP contribution in [0.25, 0.3) is 5.69 Å². The highest BCUT2D eigenvalue weighted by Crippen LogP contribution is 2.13. The number of rotatable bonds is 4. The number of hydrogen-bond donors (Lipinski definition) is 1. The number of aryl methyl sites for hydroxylation is 2. The molecule has 0 saturated carbocycles. The number of aromatic nitrogens is 3. The summed E-state index contributed by atoms with van der Waals surface area (Å²) in [7, 11) is 0. The highest BCUT2D eigenvalue weighted by atomic mass is 19.1. The first-order valence-electron chi connectivity index (χ1n) is 5.58. The van der Waals surface area contributed by atoms with E-state index in [9.17, 15) is 4.39 Å². The van der Waals surface area contributed by atoms with Crippen LogP contribution in [-0.4, -0.2) is 21.5 Å². The number of hydrogen-bond acceptors (Lipinski definition) is 3. The van der Waals surface area contributed by atoms with Crippen molar-refractivity contribution in [1.29, 1.82) is 0 Å². The normalized spacial score (nSPS) is 10.8. The zero-order valence-electron chi connectivity index (χ0n) is 9.73. The average molecular weight is 234 g/mol. The molecule has 1 aromatic carbocycles. The molecule has 5 heteroatoms. The van der Waals surface area contributed by atoms with Gasteiger partial charge in [0.25, 0.3) is 0 Å². The monoisotopic (exact) mass is 234 g/mol. The largest absolute Gasteiger partial charge is 0.330 e. The first-order valence-corrected chi connectivity index (χ1v) is 5.58. The van der Waals surface area contributed by atoms with E-state index in [1.54, 1.807) is 23.7 Å². The van der Waals surface area contributed by atoms with Gasteiger partial charge >= 0.3 is 0 Å². The van der Waals surface area contributed by atoms with Gasteiger partial charge in [0.2, 0.25) is 0 Å². The van der Waals surface area contributed by atoms with E-state index in [2.05, 4.69) is 10.3 Å². The minimum Gasteiger partial charge on any atom is -0.330 e. The molecule has 2 aromatic rings. The van der Waals surface area contributed by atoms with Crippen molar-refractivity contribution < 1.29 is 4.39 Å². The van der Waals surface area contributed by atoms with Crippen LogP contribution in [0, 0.1) is 12.7 Å². The van der Waals surface area contributed by atoms with Crippen LogP contribution in [-0.2, 0) is 6.42 Å². The van der Waals surface area contributed by atoms with Crippen LogP contribution in [0.5, 0.6) is 0 Å². The van der Waals surface area contributed by atoms with E-state index in [0.29, 0.717) is 12.1 Å². The molecule has 4 nitrogen and oxygen atoms in total. The molecule has 17 heavy (non-hydrogen) atoms. The Hall–Kier alpha value is -1.75. The van der Waals surface area contributed by atoms with E-state index < -0.39 is 0 Å². The molecule has 2 rings (SSSR count). The Morgan fingerprint density at radius 1 is 1.41 bits per heavy atom. The second kappa shape index (κ2) is 5.05. The molecular formula is C12H15FN4. The van der Waals surface area contributed by atoms with E-state index in [4.69, 9.17) is 5.73 Å². The predicted octanol–water partition coefficient (Wildman–Crippen LogP) is 1.61. The van der Waals surface area contributed by atoms with E-state index in [1.165, 1.54) is 6.07 Å². The lowest BCUT2D eigenvalue weighted by molar-refractivity contribution is 0.617. The summed E-state index contributed by atoms with van der Waals surface area (Å²) in [6.07, 6.45) is 3.56. The minimum absolute atomic E-state index is 0.211. The maximum atomic E-state index is 13.1. The van der Waals surface area contributed by atoms with Gasteiger partial charge in [-0.05, 0) is 50.1 Å². The van der Waals surface area contributed by atoms with E-state index in [0.717, 1.165) is 24.2 Å². The Labute approximate surface area is 99.2 Å². The summed E-state index contributed by atoms with van der Waals surface area (Å²) in [5.74, 6) is -0.211. The first kappa shape index (κ1) is 11.7. The molecule has 0 aliphatic heterocycles. The molecule has 90 valence electrons. The summed E-state index contributed by atoms with van der Waals surface area (Å²) in [6.45, 7) is 2.37. The van der Waals surface area contributed by atoms with Gasteiger partial charge in [0.1, 0.15) is 5.82 Å². The number of halogens is 1. The second-order valence-electron chi connectivity index (χ2n) is 3.98. The van der Waals surface area contributed by atoms with Crippen LogP contribution in [0.1, 0.15) is 17.7 Å². The third-order valence-electron chi connectivity index (χ3n) is 2.58. The van der Waals surface area contributed by atoms with Crippen molar-refractivity contribution in [2.24, 2.45) is 5.73 Å². The summed E-state index contributed by atoms with van der Waals surface area (Å²) >= 11 is 0. The van der Waals surface area contributed by atoms with Gasteiger partial charge in [-0.1, -0.05) is 5.21 Å². The van der Waals surface area contributed by atoms with Crippen LogP contribution in [0.15, 0.2) is 24.4 Å². The standard InChI is InChI=1S/C12H15FN4/c1-9-7-11(4-5-12(9)13)17-8-10(15-16-17)3-2-6-14/h4-5,7-8H,2-3,6,14H2,1H3. The van der Waals surface area contributed by atoms with Crippen molar-refractivity contribution in [3.8, 4) is 5.69 Å². The lowest BCUT2D eigenvalue weighted by atomic mass is 10.2. The molecule has 1 aromatic heterocycles. The van der Waals surface area contributed by atoms with Crippen LogP contribution < -0.4 is 5.73 Å². The molecular weight excluding hydrogens is 219 g/mol. The molecule has 2 N–H and O–H groups in total. The van der Waals surface area contributed by atoms with Gasteiger partial charge in [-0.3, -0.25) is 0 Å². The lowest BCUT2D eigenvalue weighted by Crippen LogP contribution is -2.00. The topological polar surface area (TPSA) is 56.7 Å². The Morgan fingerprint density at radius 2 is 2.24 bits per heavy atom. The third-order valence-corrected chi connectivity index (χ3v) is 2.58. The molecule has 0 unspecified atom stereocenters. The van der Waals surface area contributed by atoms with E-state index in [-0.39, 0.29) is 5.82 Å². The van der Waals surface area contributed by atoms with Gasteiger partial charge in [-0.15, -0.1) is 5.10 Å². The van der Waals surface area contributed by atoms with E-state index >= 15 is 0 Å². The average Bonchev–Trinajstić information content (AvgIpc) is 2.79. The second-order valence-corrected chi connectivity index (χ2v) is 3.98. The summed E-state index contributed by atoms with van der Waals surface area (Å²) in [4.78, 5) is 0. The Bertz CT molecular complexity index is 507. The van der Waals surface area contributed by atoms with Crippen molar-refractivity contribution in [3.63, 3.8) is 0 Å². The zero-order chi connectivity index (χ0) is 12.3. The van der Waals surface area contributed by atoms with Crippen molar-refractivity contribution in [3.05, 3.63) is 41.5 Å². The quantitative estimate of drug-likeness (QED) is 0.874. The smallest absolute Gasteiger partial charge is 0.126 e. The fourth-order valence-electron chi connectivity index (χ4n) is 1.59. The van der Waals surface area contributed by atoms with Gasteiger partial charge < -0.3 is 5.73 Å². The summed E-state index contributed by atoms with van der Waals surface area (Å²) < 4.78 is 14.8. The van der Waals surface area contributed by atoms with Crippen molar-refractivity contribution >= 4 is 0 Å². The van der Waals surface area contributed by atoms with Crippen LogP contribution in [0.4, 0.5) is 4.39 Å². The molecule has 0 saturated heterocycles. The van der Waals surface area contributed by atoms with Crippen LogP contribution in [0.2, 0.25) is 0 Å². The van der Waals surface area contributed by atoms with Gasteiger partial charge in [0.15, 0.2) is 0 Å². The molecule has 0 bridgehead atoms. The van der Waals surface area contributed by atoms with Crippen molar-refractivity contribution in [2.75, 3.05) is 6.54 Å². The number of nitrogens with zero attached hydrogens (tertiary/aromatic N) is 3. The SMILES string of the molecule is Cc1cc(-n2cc(CCCN)nn2)ccc1F. The zero-order valence-corrected chi connectivity index (χ0v) is 9.73. The highest BCUT2D eigenvalue weighted by molar-refractivity contribution is 5.35. The summed E-state index contributed by atoms with van der Waals surface area (Å²) in [5.41, 5.74) is 7.75. The highest BCUT2D eigenvalue weighted by Gasteiger charge is 2.04. The van der Waals surface area contributed by atoms with E-state index in [1.807, 2.05) is 6.20 Å². The molecule has 0 radical (unpaired) electrons. The molecule has 0 spiro atoms. The third kappa shape index (κ3) is 2.68. The molecule has 1 heterocycles. The predicted molar refractivity (Wildman–Crippen MR) is 63.4 cm³/mol. The maximum absolute atomic E-state index is 13.1. The minimum atomic E-state index is -0.211. The van der Waals surface area contributed by atoms with Crippen LogP contribution in [0.3, 0.4) is 0 Å². The van der Waals surface area contributed by atoms with Crippen molar-refractivity contribution in [2.45, 2.75) is 19.8 Å².